The van der Waals surface area contributed by atoms with Gasteiger partial charge in [-0.05, 0) is 18.6 Å². The van der Waals surface area contributed by atoms with Gasteiger partial charge >= 0.3 is 0 Å². The second kappa shape index (κ2) is 6.10. The zero-order chi connectivity index (χ0) is 14.7. The molecule has 0 aliphatic carbocycles. The predicted molar refractivity (Wildman–Crippen MR) is 81.6 cm³/mol. The Kier molecular flexibility index (Phi) is 4.01. The van der Waals surface area contributed by atoms with Crippen molar-refractivity contribution >= 4 is 5.91 Å². The second-order valence-corrected chi connectivity index (χ2v) is 5.34. The molecule has 1 aliphatic rings. The van der Waals surface area contributed by atoms with Crippen molar-refractivity contribution in [1.82, 2.24) is 20.4 Å². The van der Waals surface area contributed by atoms with E-state index >= 15 is 0 Å². The number of aromatic nitrogens is 2. The molecule has 3 rings (SSSR count). The van der Waals surface area contributed by atoms with Gasteiger partial charge in [-0.1, -0.05) is 25.1 Å². The lowest BCUT2D eigenvalue weighted by Crippen LogP contribution is -2.48. The lowest BCUT2D eigenvalue weighted by molar-refractivity contribution is 0.0941. The van der Waals surface area contributed by atoms with Crippen LogP contribution in [0.25, 0.3) is 5.69 Å². The minimum absolute atomic E-state index is 0.0269. The smallest absolute Gasteiger partial charge is 0.254 e. The number of para-hydroxylation sites is 1. The third-order valence-electron chi connectivity index (χ3n) is 3.87. The minimum atomic E-state index is -0.0269. The Bertz CT molecular complexity index is 616. The number of hydrogen-bond donors (Lipinski definition) is 2. The largest absolute Gasteiger partial charge is 0.352 e. The number of carbonyl (C=O) groups is 1. The summed E-state index contributed by atoms with van der Waals surface area (Å²) in [5, 5.41) is 10.6. The molecule has 1 aromatic carbocycles. The van der Waals surface area contributed by atoms with Crippen molar-refractivity contribution in [3.63, 3.8) is 0 Å². The molecule has 0 saturated carbocycles. The second-order valence-electron chi connectivity index (χ2n) is 5.34. The van der Waals surface area contributed by atoms with Crippen LogP contribution in [0.15, 0.2) is 36.5 Å². The number of nitrogens with one attached hydrogen (secondary N) is 2. The molecule has 1 aromatic heterocycles. The molecule has 1 aliphatic heterocycles. The summed E-state index contributed by atoms with van der Waals surface area (Å²) in [4.78, 5) is 12.3. The topological polar surface area (TPSA) is 59.0 Å². The fraction of sp³-hybridized carbons (Fsp3) is 0.375. The van der Waals surface area contributed by atoms with Gasteiger partial charge in [-0.25, -0.2) is 4.68 Å². The van der Waals surface area contributed by atoms with Crippen molar-refractivity contribution in [2.75, 3.05) is 19.6 Å². The summed E-state index contributed by atoms with van der Waals surface area (Å²) in [5.74, 6) is 0.532. The molecular formula is C16H20N4O. The van der Waals surface area contributed by atoms with E-state index in [0.717, 1.165) is 37.4 Å². The summed E-state index contributed by atoms with van der Waals surface area (Å²) in [6.07, 6.45) is 2.43. The van der Waals surface area contributed by atoms with Gasteiger partial charge in [0.25, 0.3) is 5.91 Å². The van der Waals surface area contributed by atoms with E-state index in [1.54, 1.807) is 6.20 Å². The van der Waals surface area contributed by atoms with Gasteiger partial charge in [-0.2, -0.15) is 5.10 Å². The van der Waals surface area contributed by atoms with Crippen LogP contribution in [0, 0.1) is 5.92 Å². The molecule has 21 heavy (non-hydrogen) atoms. The number of nitrogens with zero attached hydrogens (tertiary/aromatic N) is 2. The fourth-order valence-electron chi connectivity index (χ4n) is 2.52. The molecule has 0 atom stereocenters. The van der Waals surface area contributed by atoms with E-state index in [0.29, 0.717) is 11.5 Å². The molecule has 110 valence electrons. The number of rotatable bonds is 5. The lowest BCUT2D eigenvalue weighted by atomic mass is 10.0. The van der Waals surface area contributed by atoms with E-state index in [1.165, 1.54) is 0 Å². The van der Waals surface area contributed by atoms with Crippen molar-refractivity contribution in [2.45, 2.75) is 13.3 Å². The number of benzene rings is 1. The van der Waals surface area contributed by atoms with Crippen LogP contribution in [-0.2, 0) is 6.42 Å². The molecular weight excluding hydrogens is 264 g/mol. The van der Waals surface area contributed by atoms with E-state index in [4.69, 9.17) is 0 Å². The average molecular weight is 284 g/mol. The quantitative estimate of drug-likeness (QED) is 0.872. The van der Waals surface area contributed by atoms with Gasteiger partial charge in [0.1, 0.15) is 0 Å². The van der Waals surface area contributed by atoms with E-state index in [2.05, 4.69) is 15.7 Å². The van der Waals surface area contributed by atoms with Crippen LogP contribution in [0.1, 0.15) is 23.0 Å². The summed E-state index contributed by atoms with van der Waals surface area (Å²) in [7, 11) is 0. The van der Waals surface area contributed by atoms with Crippen molar-refractivity contribution in [3.05, 3.63) is 47.8 Å². The zero-order valence-corrected chi connectivity index (χ0v) is 12.2. The maximum Gasteiger partial charge on any atom is 0.254 e. The monoisotopic (exact) mass is 284 g/mol. The number of amides is 1. The summed E-state index contributed by atoms with van der Waals surface area (Å²) < 4.78 is 1.85. The molecule has 0 spiro atoms. The van der Waals surface area contributed by atoms with Gasteiger partial charge in [0.05, 0.1) is 23.1 Å². The Labute approximate surface area is 124 Å². The Hall–Kier alpha value is -2.14. The van der Waals surface area contributed by atoms with E-state index in [-0.39, 0.29) is 5.91 Å². The first-order chi connectivity index (χ1) is 10.3. The maximum atomic E-state index is 12.3. The maximum absolute atomic E-state index is 12.3. The van der Waals surface area contributed by atoms with Crippen molar-refractivity contribution in [1.29, 1.82) is 0 Å². The molecule has 0 unspecified atom stereocenters. The molecule has 2 aromatic rings. The molecule has 1 amide bonds. The normalized spacial score (nSPS) is 14.7. The molecule has 1 saturated heterocycles. The van der Waals surface area contributed by atoms with Gasteiger partial charge in [0.2, 0.25) is 0 Å². The van der Waals surface area contributed by atoms with E-state index in [9.17, 15) is 4.79 Å². The highest BCUT2D eigenvalue weighted by Crippen LogP contribution is 2.15. The number of hydrogen-bond acceptors (Lipinski definition) is 3. The summed E-state index contributed by atoms with van der Waals surface area (Å²) in [6.45, 7) is 4.75. The molecule has 0 bridgehead atoms. The first-order valence-electron chi connectivity index (χ1n) is 7.40. The Morgan fingerprint density at radius 1 is 1.38 bits per heavy atom. The van der Waals surface area contributed by atoms with Crippen molar-refractivity contribution < 1.29 is 4.79 Å². The first kappa shape index (κ1) is 13.8. The van der Waals surface area contributed by atoms with Crippen molar-refractivity contribution in [2.24, 2.45) is 5.92 Å². The van der Waals surface area contributed by atoms with Gasteiger partial charge in [0.15, 0.2) is 0 Å². The third kappa shape index (κ3) is 2.83. The van der Waals surface area contributed by atoms with Gasteiger partial charge in [-0.15, -0.1) is 0 Å². The lowest BCUT2D eigenvalue weighted by Gasteiger charge is -2.27. The van der Waals surface area contributed by atoms with Crippen LogP contribution in [0.2, 0.25) is 0 Å². The molecule has 2 N–H and O–H groups in total. The number of carbonyl (C=O) groups excluding carboxylic acids is 1. The Balaban J connectivity index is 1.79. The highest BCUT2D eigenvalue weighted by molar-refractivity contribution is 5.95. The summed E-state index contributed by atoms with van der Waals surface area (Å²) in [6, 6.07) is 9.90. The zero-order valence-electron chi connectivity index (χ0n) is 12.2. The molecule has 5 nitrogen and oxygen atoms in total. The standard InChI is InChI=1S/C16H20N4O/c1-2-15-14(16(21)18-10-12-8-17-9-12)11-19-20(15)13-6-4-3-5-7-13/h3-7,11-12,17H,2,8-10H2,1H3,(H,18,21). The van der Waals surface area contributed by atoms with Gasteiger partial charge in [-0.3, -0.25) is 4.79 Å². The summed E-state index contributed by atoms with van der Waals surface area (Å²) in [5.41, 5.74) is 2.61. The van der Waals surface area contributed by atoms with Gasteiger partial charge < -0.3 is 10.6 Å². The molecule has 2 heterocycles. The Morgan fingerprint density at radius 3 is 2.76 bits per heavy atom. The van der Waals surface area contributed by atoms with Crippen LogP contribution in [0.4, 0.5) is 0 Å². The fourth-order valence-corrected chi connectivity index (χ4v) is 2.52. The summed E-state index contributed by atoms with van der Waals surface area (Å²) >= 11 is 0. The SMILES string of the molecule is CCc1c(C(=O)NCC2CNC2)cnn1-c1ccccc1. The Morgan fingerprint density at radius 2 is 2.14 bits per heavy atom. The van der Waals surface area contributed by atoms with Crippen LogP contribution in [0.5, 0.6) is 0 Å². The van der Waals surface area contributed by atoms with Gasteiger partial charge in [0, 0.05) is 25.6 Å². The highest BCUT2D eigenvalue weighted by atomic mass is 16.1. The third-order valence-corrected chi connectivity index (χ3v) is 3.87. The van der Waals surface area contributed by atoms with Crippen molar-refractivity contribution in [3.8, 4) is 5.69 Å². The first-order valence-corrected chi connectivity index (χ1v) is 7.40. The van der Waals surface area contributed by atoms with E-state index in [1.807, 2.05) is 41.9 Å². The van der Waals surface area contributed by atoms with E-state index < -0.39 is 0 Å². The molecule has 1 fully saturated rings. The van der Waals surface area contributed by atoms with Crippen LogP contribution >= 0.6 is 0 Å². The predicted octanol–water partition coefficient (Wildman–Crippen LogP) is 1.38. The average Bonchev–Trinajstić information content (AvgIpc) is 2.90. The van der Waals surface area contributed by atoms with Crippen LogP contribution < -0.4 is 10.6 Å². The highest BCUT2D eigenvalue weighted by Gasteiger charge is 2.20. The molecule has 0 radical (unpaired) electrons. The van der Waals surface area contributed by atoms with Crippen LogP contribution in [-0.4, -0.2) is 35.3 Å². The minimum Gasteiger partial charge on any atom is -0.352 e. The van der Waals surface area contributed by atoms with Crippen LogP contribution in [0.3, 0.4) is 0 Å². The molecule has 5 heteroatoms.